The van der Waals surface area contributed by atoms with Gasteiger partial charge in [-0.15, -0.1) is 0 Å². The summed E-state index contributed by atoms with van der Waals surface area (Å²) in [6.45, 7) is 2.45. The average Bonchev–Trinajstić information content (AvgIpc) is 2.77. The fraction of sp³-hybridized carbons (Fsp3) is 0.429. The molecule has 1 saturated heterocycles. The zero-order chi connectivity index (χ0) is 14.8. The van der Waals surface area contributed by atoms with Crippen LogP contribution in [0.25, 0.3) is 0 Å². The summed E-state index contributed by atoms with van der Waals surface area (Å²) in [6.07, 6.45) is 0.559. The number of hydrogen-bond acceptors (Lipinski definition) is 3. The minimum atomic E-state index is -0.824. The third kappa shape index (κ3) is 3.71. The third-order valence-electron chi connectivity index (χ3n) is 3.31. The predicted octanol–water partition coefficient (Wildman–Crippen LogP) is 1.05. The van der Waals surface area contributed by atoms with Crippen molar-refractivity contribution in [2.24, 2.45) is 0 Å². The average molecular weight is 297 g/mol. The first-order valence-corrected chi connectivity index (χ1v) is 6.79. The van der Waals surface area contributed by atoms with Crippen molar-refractivity contribution in [1.29, 1.82) is 0 Å². The number of likely N-dealkylation sites (tertiary alicyclic amines) is 1. The fourth-order valence-electron chi connectivity index (χ4n) is 2.13. The maximum absolute atomic E-state index is 11.9. The molecule has 1 unspecified atom stereocenters. The van der Waals surface area contributed by atoms with Crippen molar-refractivity contribution in [3.05, 3.63) is 34.9 Å². The molecule has 0 saturated carbocycles. The zero-order valence-electron chi connectivity index (χ0n) is 11.2. The molecule has 0 bridgehead atoms. The van der Waals surface area contributed by atoms with Crippen LogP contribution >= 0.6 is 11.6 Å². The molecule has 0 spiro atoms. The fourth-order valence-corrected chi connectivity index (χ4v) is 2.25. The van der Waals surface area contributed by atoms with Gasteiger partial charge in [-0.25, -0.2) is 0 Å². The van der Waals surface area contributed by atoms with E-state index in [9.17, 15) is 14.7 Å². The van der Waals surface area contributed by atoms with Gasteiger partial charge in [-0.3, -0.25) is 9.59 Å². The molecule has 20 heavy (non-hydrogen) atoms. The van der Waals surface area contributed by atoms with Crippen LogP contribution in [0.15, 0.2) is 24.3 Å². The van der Waals surface area contributed by atoms with Crippen molar-refractivity contribution >= 4 is 23.4 Å². The lowest BCUT2D eigenvalue weighted by Gasteiger charge is -2.19. The Bertz CT molecular complexity index is 514. The molecule has 5 nitrogen and oxygen atoms in total. The van der Waals surface area contributed by atoms with Gasteiger partial charge < -0.3 is 15.3 Å². The van der Waals surface area contributed by atoms with E-state index in [0.29, 0.717) is 30.1 Å². The monoisotopic (exact) mass is 296 g/mol. The highest BCUT2D eigenvalue weighted by Gasteiger charge is 2.33. The number of carbonyl (C=O) groups is 2. The van der Waals surface area contributed by atoms with E-state index in [2.05, 4.69) is 5.32 Å². The van der Waals surface area contributed by atoms with Crippen molar-refractivity contribution in [1.82, 2.24) is 10.2 Å². The van der Waals surface area contributed by atoms with Gasteiger partial charge in [0.15, 0.2) is 0 Å². The Balaban J connectivity index is 1.84. The van der Waals surface area contributed by atoms with Crippen molar-refractivity contribution in [2.45, 2.75) is 18.9 Å². The summed E-state index contributed by atoms with van der Waals surface area (Å²) in [7, 11) is 0. The molecule has 1 fully saturated rings. The van der Waals surface area contributed by atoms with E-state index < -0.39 is 5.60 Å². The topological polar surface area (TPSA) is 69.6 Å². The number of benzene rings is 1. The Morgan fingerprint density at radius 3 is 2.60 bits per heavy atom. The molecule has 108 valence electrons. The van der Waals surface area contributed by atoms with Crippen LogP contribution in [0.4, 0.5) is 0 Å². The first-order valence-electron chi connectivity index (χ1n) is 6.41. The molecule has 2 amide bonds. The van der Waals surface area contributed by atoms with Crippen LogP contribution in [-0.4, -0.2) is 47.1 Å². The lowest BCUT2D eigenvalue weighted by atomic mass is 10.1. The number of aliphatic hydroxyl groups is 1. The first kappa shape index (κ1) is 14.8. The van der Waals surface area contributed by atoms with Crippen LogP contribution in [0.1, 0.15) is 23.7 Å². The van der Waals surface area contributed by atoms with Crippen LogP contribution in [0.2, 0.25) is 5.02 Å². The molecule has 0 aliphatic carbocycles. The van der Waals surface area contributed by atoms with Crippen molar-refractivity contribution < 1.29 is 14.7 Å². The molecule has 1 atom stereocenters. The summed E-state index contributed by atoms with van der Waals surface area (Å²) < 4.78 is 0. The highest BCUT2D eigenvalue weighted by Crippen LogP contribution is 2.19. The molecule has 1 aromatic rings. The molecular formula is C14H17ClN2O3. The van der Waals surface area contributed by atoms with Crippen molar-refractivity contribution in [2.75, 3.05) is 19.6 Å². The van der Waals surface area contributed by atoms with Gasteiger partial charge in [0.2, 0.25) is 5.91 Å². The van der Waals surface area contributed by atoms with E-state index in [0.717, 1.165) is 0 Å². The second kappa shape index (κ2) is 5.81. The third-order valence-corrected chi connectivity index (χ3v) is 3.56. The lowest BCUT2D eigenvalue weighted by Crippen LogP contribution is -2.40. The van der Waals surface area contributed by atoms with Gasteiger partial charge in [0.05, 0.1) is 12.1 Å². The first-order chi connectivity index (χ1) is 9.37. The maximum atomic E-state index is 11.9. The predicted molar refractivity (Wildman–Crippen MR) is 75.6 cm³/mol. The molecule has 1 heterocycles. The summed E-state index contributed by atoms with van der Waals surface area (Å²) >= 11 is 5.74. The minimum absolute atomic E-state index is 0.0719. The number of nitrogens with one attached hydrogen (secondary N) is 1. The SMILES string of the molecule is CC1(O)CCN(C(=O)CNC(=O)c2ccc(Cl)cc2)C1. The molecule has 2 N–H and O–H groups in total. The Morgan fingerprint density at radius 2 is 2.05 bits per heavy atom. The molecule has 1 aliphatic heterocycles. The van der Waals surface area contributed by atoms with E-state index in [4.69, 9.17) is 11.6 Å². The van der Waals surface area contributed by atoms with Crippen LogP contribution in [0.5, 0.6) is 0 Å². The van der Waals surface area contributed by atoms with Crippen LogP contribution in [0, 0.1) is 0 Å². The van der Waals surface area contributed by atoms with Gasteiger partial charge in [-0.05, 0) is 37.6 Å². The molecule has 0 aromatic heterocycles. The summed E-state index contributed by atoms with van der Waals surface area (Å²) in [4.78, 5) is 25.3. The van der Waals surface area contributed by atoms with E-state index >= 15 is 0 Å². The summed E-state index contributed by atoms with van der Waals surface area (Å²) in [5.41, 5.74) is -0.369. The second-order valence-corrected chi connectivity index (χ2v) is 5.69. The maximum Gasteiger partial charge on any atom is 0.251 e. The molecule has 0 radical (unpaired) electrons. The van der Waals surface area contributed by atoms with Crippen molar-refractivity contribution in [3.63, 3.8) is 0 Å². The largest absolute Gasteiger partial charge is 0.388 e. The van der Waals surface area contributed by atoms with Crippen LogP contribution < -0.4 is 5.32 Å². The number of rotatable bonds is 3. The van der Waals surface area contributed by atoms with Crippen LogP contribution in [0.3, 0.4) is 0 Å². The number of amides is 2. The van der Waals surface area contributed by atoms with Gasteiger partial charge in [-0.2, -0.15) is 0 Å². The quantitative estimate of drug-likeness (QED) is 0.876. The smallest absolute Gasteiger partial charge is 0.251 e. The van der Waals surface area contributed by atoms with E-state index in [1.165, 1.54) is 0 Å². The van der Waals surface area contributed by atoms with E-state index in [-0.39, 0.29) is 18.4 Å². The molecule has 6 heteroatoms. The molecule has 2 rings (SSSR count). The number of hydrogen-bond donors (Lipinski definition) is 2. The Labute approximate surface area is 122 Å². The highest BCUT2D eigenvalue weighted by atomic mass is 35.5. The second-order valence-electron chi connectivity index (χ2n) is 5.25. The molecule has 1 aromatic carbocycles. The molecule has 1 aliphatic rings. The zero-order valence-corrected chi connectivity index (χ0v) is 12.0. The van der Waals surface area contributed by atoms with Gasteiger partial charge >= 0.3 is 0 Å². The Hall–Kier alpha value is -1.59. The lowest BCUT2D eigenvalue weighted by molar-refractivity contribution is -0.129. The normalized spacial score (nSPS) is 21.9. The number of halogens is 1. The standard InChI is InChI=1S/C14H17ClN2O3/c1-14(20)6-7-17(9-14)12(18)8-16-13(19)10-2-4-11(15)5-3-10/h2-5,20H,6-9H2,1H3,(H,16,19). The van der Waals surface area contributed by atoms with Gasteiger partial charge in [0.1, 0.15) is 0 Å². The summed E-state index contributed by atoms with van der Waals surface area (Å²) in [5, 5.41) is 12.9. The number of carbonyl (C=O) groups excluding carboxylic acids is 2. The van der Waals surface area contributed by atoms with Gasteiger partial charge in [0, 0.05) is 23.7 Å². The highest BCUT2D eigenvalue weighted by molar-refractivity contribution is 6.30. The van der Waals surface area contributed by atoms with E-state index in [1.54, 1.807) is 36.1 Å². The summed E-state index contributed by atoms with van der Waals surface area (Å²) in [5.74, 6) is -0.508. The summed E-state index contributed by atoms with van der Waals surface area (Å²) in [6, 6.07) is 6.44. The van der Waals surface area contributed by atoms with Gasteiger partial charge in [0.25, 0.3) is 5.91 Å². The number of nitrogens with zero attached hydrogens (tertiary/aromatic N) is 1. The molecular weight excluding hydrogens is 280 g/mol. The van der Waals surface area contributed by atoms with Crippen molar-refractivity contribution in [3.8, 4) is 0 Å². The van der Waals surface area contributed by atoms with E-state index in [1.807, 2.05) is 0 Å². The van der Waals surface area contributed by atoms with Gasteiger partial charge in [-0.1, -0.05) is 11.6 Å². The van der Waals surface area contributed by atoms with Crippen LogP contribution in [-0.2, 0) is 4.79 Å². The number of β-amino-alcohol motifs (C(OH)–C–C–N with tert-alkyl or cyclic N) is 1. The Kier molecular flexibility index (Phi) is 4.30. The minimum Gasteiger partial charge on any atom is -0.388 e. The Morgan fingerprint density at radius 1 is 1.40 bits per heavy atom.